The number of nitrogens with zero attached hydrogens (tertiary/aromatic N) is 3. The van der Waals surface area contributed by atoms with E-state index in [9.17, 15) is 9.90 Å². The number of rotatable bonds is 6. The van der Waals surface area contributed by atoms with Crippen molar-refractivity contribution in [2.24, 2.45) is 0 Å². The number of H-pyrrole nitrogens is 1. The number of nitrogens with one attached hydrogen (secondary N) is 2. The number of thioether (sulfide) groups is 1. The summed E-state index contributed by atoms with van der Waals surface area (Å²) in [6.45, 7) is 0. The molecule has 4 aromatic rings. The van der Waals surface area contributed by atoms with Gasteiger partial charge in [-0.1, -0.05) is 42.1 Å². The zero-order chi connectivity index (χ0) is 21.1. The van der Waals surface area contributed by atoms with Gasteiger partial charge in [0.25, 0.3) is 0 Å². The number of benzene rings is 2. The molecule has 5 N–H and O–H groups in total. The lowest BCUT2D eigenvalue weighted by Gasteiger charge is -2.17. The van der Waals surface area contributed by atoms with Gasteiger partial charge >= 0.3 is 0 Å². The van der Waals surface area contributed by atoms with Crippen LogP contribution >= 0.6 is 11.8 Å². The smallest absolute Gasteiger partial charge is 0.242 e. The van der Waals surface area contributed by atoms with Crippen LogP contribution in [0.3, 0.4) is 0 Å². The standard InChI is InChI=1S/C20H18N6O3S/c1-29-14-9-12(7-8-13(14)27)24-18(28)16(11-5-3-2-4-6-11)30-19-15-17(23-10-22-15)25-20(21)26-19/h2-10,16,27H,1H3,(H,24,28)(H3,21,22,23,25,26)/t16-/m0/s1. The van der Waals surface area contributed by atoms with Gasteiger partial charge < -0.3 is 25.9 Å². The summed E-state index contributed by atoms with van der Waals surface area (Å²) in [7, 11) is 1.44. The molecule has 30 heavy (non-hydrogen) atoms. The predicted molar refractivity (Wildman–Crippen MR) is 114 cm³/mol. The van der Waals surface area contributed by atoms with Crippen molar-refractivity contribution in [2.45, 2.75) is 10.3 Å². The van der Waals surface area contributed by atoms with Crippen molar-refractivity contribution in [3.05, 3.63) is 60.4 Å². The number of anilines is 2. The number of imidazole rings is 1. The molecule has 0 bridgehead atoms. The van der Waals surface area contributed by atoms with Crippen LogP contribution in [-0.2, 0) is 4.79 Å². The first-order chi connectivity index (χ1) is 14.5. The second-order valence-corrected chi connectivity index (χ2v) is 7.37. The molecule has 4 rings (SSSR count). The van der Waals surface area contributed by atoms with E-state index in [2.05, 4.69) is 25.3 Å². The maximum absolute atomic E-state index is 13.2. The van der Waals surface area contributed by atoms with E-state index in [1.165, 1.54) is 31.3 Å². The molecule has 1 atom stereocenters. The number of nitrogen functional groups attached to an aromatic ring is 1. The highest BCUT2D eigenvalue weighted by Gasteiger charge is 2.25. The van der Waals surface area contributed by atoms with Crippen molar-refractivity contribution in [3.8, 4) is 11.5 Å². The zero-order valence-corrected chi connectivity index (χ0v) is 16.7. The van der Waals surface area contributed by atoms with E-state index in [1.807, 2.05) is 30.3 Å². The van der Waals surface area contributed by atoms with E-state index < -0.39 is 5.25 Å². The summed E-state index contributed by atoms with van der Waals surface area (Å²) in [5.74, 6) is 0.0541. The fourth-order valence-corrected chi connectivity index (χ4v) is 3.98. The number of carbonyl (C=O) groups is 1. The number of aromatic hydroxyl groups is 1. The summed E-state index contributed by atoms with van der Waals surface area (Å²) < 4.78 is 5.11. The first-order valence-corrected chi connectivity index (χ1v) is 9.79. The van der Waals surface area contributed by atoms with Gasteiger partial charge in [0.2, 0.25) is 11.9 Å². The molecule has 2 aromatic carbocycles. The molecule has 152 valence electrons. The molecule has 0 spiro atoms. The first-order valence-electron chi connectivity index (χ1n) is 8.91. The van der Waals surface area contributed by atoms with E-state index in [-0.39, 0.29) is 23.4 Å². The minimum Gasteiger partial charge on any atom is -0.504 e. The summed E-state index contributed by atoms with van der Waals surface area (Å²) in [5, 5.41) is 12.5. The number of nitrogens with two attached hydrogens (primary N) is 1. The summed E-state index contributed by atoms with van der Waals surface area (Å²) in [6.07, 6.45) is 1.50. The topological polar surface area (TPSA) is 139 Å². The maximum atomic E-state index is 13.2. The van der Waals surface area contributed by atoms with E-state index in [4.69, 9.17) is 10.5 Å². The maximum Gasteiger partial charge on any atom is 0.242 e. The van der Waals surface area contributed by atoms with Gasteiger partial charge in [-0.3, -0.25) is 4.79 Å². The van der Waals surface area contributed by atoms with Gasteiger partial charge in [0, 0.05) is 11.8 Å². The highest BCUT2D eigenvalue weighted by atomic mass is 32.2. The third-order valence-corrected chi connectivity index (χ3v) is 5.53. The number of amides is 1. The van der Waals surface area contributed by atoms with Gasteiger partial charge in [-0.2, -0.15) is 4.98 Å². The first kappa shape index (κ1) is 19.5. The Kier molecular flexibility index (Phi) is 5.40. The minimum absolute atomic E-state index is 0.0115. The molecule has 0 unspecified atom stereocenters. The predicted octanol–water partition coefficient (Wildman–Crippen LogP) is 3.12. The average Bonchev–Trinajstić information content (AvgIpc) is 3.22. The molecule has 2 aromatic heterocycles. The third kappa shape index (κ3) is 3.98. The monoisotopic (exact) mass is 422 g/mol. The number of aromatic amines is 1. The SMILES string of the molecule is COc1cc(NC(=O)[C@@H](Sc2nc(N)nc3nc[nH]c23)c2ccccc2)ccc1O. The molecule has 0 aliphatic carbocycles. The lowest BCUT2D eigenvalue weighted by molar-refractivity contribution is -0.115. The fraction of sp³-hybridized carbons (Fsp3) is 0.100. The van der Waals surface area contributed by atoms with Crippen molar-refractivity contribution in [2.75, 3.05) is 18.2 Å². The molecule has 10 heteroatoms. The summed E-state index contributed by atoms with van der Waals surface area (Å²) in [6, 6.07) is 13.9. The molecule has 0 fully saturated rings. The number of ether oxygens (including phenoxy) is 1. The minimum atomic E-state index is -0.633. The Bertz CT molecular complexity index is 1200. The van der Waals surface area contributed by atoms with Crippen molar-refractivity contribution < 1.29 is 14.6 Å². The Hall–Kier alpha value is -3.79. The molecule has 0 saturated heterocycles. The molecule has 0 aliphatic heterocycles. The lowest BCUT2D eigenvalue weighted by Crippen LogP contribution is -2.19. The number of hydrogen-bond acceptors (Lipinski definition) is 8. The average molecular weight is 422 g/mol. The van der Waals surface area contributed by atoms with E-state index in [0.29, 0.717) is 21.9 Å². The van der Waals surface area contributed by atoms with Crippen LogP contribution in [0.25, 0.3) is 11.2 Å². The molecular weight excluding hydrogens is 404 g/mol. The fourth-order valence-electron chi connectivity index (χ4n) is 2.88. The Morgan fingerprint density at radius 3 is 2.80 bits per heavy atom. The number of hydrogen-bond donors (Lipinski definition) is 4. The van der Waals surface area contributed by atoms with E-state index >= 15 is 0 Å². The Morgan fingerprint density at radius 2 is 2.03 bits per heavy atom. The normalized spacial score (nSPS) is 11.9. The lowest BCUT2D eigenvalue weighted by atomic mass is 10.1. The number of fused-ring (bicyclic) bond motifs is 1. The van der Waals surface area contributed by atoms with Crippen LogP contribution in [0.2, 0.25) is 0 Å². The number of methoxy groups -OCH3 is 1. The van der Waals surface area contributed by atoms with Crippen LogP contribution in [0.4, 0.5) is 11.6 Å². The van der Waals surface area contributed by atoms with Crippen LogP contribution in [0.5, 0.6) is 11.5 Å². The second-order valence-electron chi connectivity index (χ2n) is 6.27. The van der Waals surface area contributed by atoms with Gasteiger partial charge in [-0.15, -0.1) is 0 Å². The molecule has 1 amide bonds. The third-order valence-electron chi connectivity index (χ3n) is 4.29. The van der Waals surface area contributed by atoms with Crippen LogP contribution in [0, 0.1) is 0 Å². The number of carbonyl (C=O) groups excluding carboxylic acids is 1. The summed E-state index contributed by atoms with van der Waals surface area (Å²) in [5.41, 5.74) is 8.13. The second kappa shape index (κ2) is 8.29. The van der Waals surface area contributed by atoms with Gasteiger partial charge in [-0.25, -0.2) is 9.97 Å². The van der Waals surface area contributed by atoms with Crippen LogP contribution in [0.15, 0.2) is 59.9 Å². The number of phenolic OH excluding ortho intramolecular Hbond substituents is 1. The quantitative estimate of drug-likeness (QED) is 0.211. The summed E-state index contributed by atoms with van der Waals surface area (Å²) >= 11 is 1.24. The Morgan fingerprint density at radius 1 is 1.23 bits per heavy atom. The largest absolute Gasteiger partial charge is 0.504 e. The van der Waals surface area contributed by atoms with Gasteiger partial charge in [-0.05, 0) is 17.7 Å². The zero-order valence-electron chi connectivity index (χ0n) is 15.9. The molecule has 0 saturated carbocycles. The highest BCUT2D eigenvalue weighted by molar-refractivity contribution is 8.00. The Balaban J connectivity index is 1.68. The van der Waals surface area contributed by atoms with Gasteiger partial charge in [0.1, 0.15) is 15.8 Å². The van der Waals surface area contributed by atoms with Crippen LogP contribution in [0.1, 0.15) is 10.8 Å². The van der Waals surface area contributed by atoms with Crippen LogP contribution in [-0.4, -0.2) is 38.1 Å². The Labute approximate surface area is 175 Å². The van der Waals surface area contributed by atoms with Crippen molar-refractivity contribution in [3.63, 3.8) is 0 Å². The van der Waals surface area contributed by atoms with Crippen molar-refractivity contribution in [1.82, 2.24) is 19.9 Å². The highest BCUT2D eigenvalue weighted by Crippen LogP contribution is 2.38. The molecule has 2 heterocycles. The van der Waals surface area contributed by atoms with Gasteiger partial charge in [0.15, 0.2) is 17.1 Å². The molecule has 0 aliphatic rings. The number of aromatic nitrogens is 4. The summed E-state index contributed by atoms with van der Waals surface area (Å²) in [4.78, 5) is 28.7. The van der Waals surface area contributed by atoms with Crippen LogP contribution < -0.4 is 15.8 Å². The van der Waals surface area contributed by atoms with Gasteiger partial charge in [0.05, 0.1) is 13.4 Å². The van der Waals surface area contributed by atoms with E-state index in [0.717, 1.165) is 5.56 Å². The molecule has 9 nitrogen and oxygen atoms in total. The van der Waals surface area contributed by atoms with Crippen molar-refractivity contribution in [1.29, 1.82) is 0 Å². The van der Waals surface area contributed by atoms with E-state index in [1.54, 1.807) is 12.1 Å². The molecule has 0 radical (unpaired) electrons. The number of phenols is 1. The van der Waals surface area contributed by atoms with Crippen molar-refractivity contribution >= 4 is 40.5 Å². The molecular formula is C20H18N6O3S.